The average molecular weight is 1020 g/mol. The highest BCUT2D eigenvalue weighted by Gasteiger charge is 2.16. The fraction of sp³-hybridized carbons (Fsp3) is 0.970. The summed E-state index contributed by atoms with van der Waals surface area (Å²) < 4.78 is 10.8. The molecule has 0 amide bonds. The minimum Gasteiger partial charge on any atom is -0.462 e. The van der Waals surface area contributed by atoms with Crippen molar-refractivity contribution >= 4 is 11.9 Å². The molecule has 0 fully saturated rings. The van der Waals surface area contributed by atoms with Crippen LogP contribution in [0.5, 0.6) is 0 Å². The summed E-state index contributed by atoms with van der Waals surface area (Å²) in [7, 11) is 0. The molecule has 0 spiro atoms. The molecular formula is C67H132O5. The van der Waals surface area contributed by atoms with Crippen LogP contribution in [-0.4, -0.2) is 36.4 Å². The fourth-order valence-electron chi connectivity index (χ4n) is 10.9. The first-order valence-electron chi connectivity index (χ1n) is 33.6. The van der Waals surface area contributed by atoms with Gasteiger partial charge in [0.1, 0.15) is 6.61 Å². The first kappa shape index (κ1) is 70.9. The third-order valence-electron chi connectivity index (χ3n) is 15.9. The van der Waals surface area contributed by atoms with Crippen LogP contribution >= 0.6 is 0 Å². The topological polar surface area (TPSA) is 72.8 Å². The fourth-order valence-corrected chi connectivity index (χ4v) is 10.9. The van der Waals surface area contributed by atoms with E-state index in [0.29, 0.717) is 12.8 Å². The number of aliphatic hydroxyl groups is 1. The highest BCUT2D eigenvalue weighted by Crippen LogP contribution is 2.20. The largest absolute Gasteiger partial charge is 0.462 e. The van der Waals surface area contributed by atoms with Gasteiger partial charge in [0.05, 0.1) is 6.61 Å². The number of carbonyl (C=O) groups excluding carboxylic acids is 2. The van der Waals surface area contributed by atoms with E-state index in [1.165, 1.54) is 340 Å². The van der Waals surface area contributed by atoms with Gasteiger partial charge in [-0.15, -0.1) is 0 Å². The van der Waals surface area contributed by atoms with Crippen LogP contribution in [0.1, 0.15) is 399 Å². The van der Waals surface area contributed by atoms with Crippen molar-refractivity contribution in [1.82, 2.24) is 0 Å². The molecule has 0 saturated heterocycles. The molecule has 0 aliphatic carbocycles. The summed E-state index contributed by atoms with van der Waals surface area (Å²) in [5.41, 5.74) is 0. The molecule has 72 heavy (non-hydrogen) atoms. The van der Waals surface area contributed by atoms with Crippen molar-refractivity contribution in [1.29, 1.82) is 0 Å². The summed E-state index contributed by atoms with van der Waals surface area (Å²) in [6.45, 7) is 4.22. The molecule has 1 N–H and O–H groups in total. The molecule has 0 heterocycles. The minimum atomic E-state index is -0.765. The van der Waals surface area contributed by atoms with E-state index in [1.807, 2.05) is 0 Å². The molecule has 5 heteroatoms. The van der Waals surface area contributed by atoms with Gasteiger partial charge in [-0.1, -0.05) is 373 Å². The maximum absolute atomic E-state index is 12.3. The Bertz CT molecular complexity index is 1010. The van der Waals surface area contributed by atoms with E-state index in [9.17, 15) is 14.7 Å². The molecule has 0 aliphatic rings. The second-order valence-electron chi connectivity index (χ2n) is 23.3. The Morgan fingerprint density at radius 1 is 0.264 bits per heavy atom. The van der Waals surface area contributed by atoms with Crippen LogP contribution in [0.15, 0.2) is 0 Å². The molecule has 0 aromatic rings. The smallest absolute Gasteiger partial charge is 0.306 e. The number of unbranched alkanes of at least 4 members (excludes halogenated alkanes) is 56. The number of carbonyl (C=O) groups is 2. The molecule has 0 saturated carbocycles. The zero-order valence-electron chi connectivity index (χ0n) is 49.5. The Labute approximate surface area is 452 Å². The van der Waals surface area contributed by atoms with Crippen molar-refractivity contribution in [3.63, 3.8) is 0 Å². The van der Waals surface area contributed by atoms with E-state index in [4.69, 9.17) is 9.47 Å². The maximum atomic E-state index is 12.3. The highest BCUT2D eigenvalue weighted by molar-refractivity contribution is 5.70. The molecule has 0 aromatic carbocycles. The number of rotatable bonds is 64. The Balaban J connectivity index is 3.34. The summed E-state index contributed by atoms with van der Waals surface area (Å²) in [6.07, 6.45) is 80.0. The first-order valence-corrected chi connectivity index (χ1v) is 33.6. The van der Waals surface area contributed by atoms with E-state index >= 15 is 0 Å². The minimum absolute atomic E-state index is 0.0555. The normalized spacial score (nSPS) is 12.0. The quantitative estimate of drug-likeness (QED) is 0.0485. The van der Waals surface area contributed by atoms with Crippen LogP contribution in [0.4, 0.5) is 0 Å². The standard InChI is InChI=1S/C67H132O5/c1-3-5-7-9-11-13-15-17-19-21-23-25-27-28-29-30-31-32-33-34-35-36-37-38-39-40-42-44-46-48-50-52-54-56-58-60-62-67(70)72-65(63-68)64-71-66(69)61-59-57-55-53-51-49-47-45-43-41-26-24-22-20-18-16-14-12-10-8-6-4-2/h65,68H,3-64H2,1-2H3. The van der Waals surface area contributed by atoms with Crippen LogP contribution in [0, 0.1) is 0 Å². The highest BCUT2D eigenvalue weighted by atomic mass is 16.6. The third kappa shape index (κ3) is 61.4. The predicted octanol–water partition coefficient (Wildman–Crippen LogP) is 22.9. The Hall–Kier alpha value is -1.10. The summed E-state index contributed by atoms with van der Waals surface area (Å²) in [5.74, 6) is -0.560. The van der Waals surface area contributed by atoms with Crippen molar-refractivity contribution in [3.05, 3.63) is 0 Å². The first-order chi connectivity index (χ1) is 35.6. The monoisotopic (exact) mass is 1020 g/mol. The van der Waals surface area contributed by atoms with Crippen LogP contribution < -0.4 is 0 Å². The zero-order chi connectivity index (χ0) is 52.0. The Morgan fingerprint density at radius 2 is 0.431 bits per heavy atom. The van der Waals surface area contributed by atoms with E-state index in [-0.39, 0.29) is 25.2 Å². The molecular weight excluding hydrogens is 885 g/mol. The summed E-state index contributed by atoms with van der Waals surface area (Å²) in [5, 5.41) is 9.68. The van der Waals surface area contributed by atoms with Gasteiger partial charge in [-0.3, -0.25) is 9.59 Å². The molecule has 0 aromatic heterocycles. The summed E-state index contributed by atoms with van der Waals surface area (Å²) in [4.78, 5) is 24.6. The zero-order valence-corrected chi connectivity index (χ0v) is 49.5. The van der Waals surface area contributed by atoms with Crippen molar-refractivity contribution in [3.8, 4) is 0 Å². The SMILES string of the molecule is CCCCCCCCCCCCCCCCCCCCCCCCCCCCCCCCCCCCCCC(=O)OC(CO)COC(=O)CCCCCCCCCCCCCCCCCCCCCCCC. The van der Waals surface area contributed by atoms with Crippen molar-refractivity contribution in [2.24, 2.45) is 0 Å². The third-order valence-corrected chi connectivity index (χ3v) is 15.9. The lowest BCUT2D eigenvalue weighted by atomic mass is 10.0. The molecule has 5 nitrogen and oxygen atoms in total. The van der Waals surface area contributed by atoms with Crippen molar-refractivity contribution < 1.29 is 24.2 Å². The van der Waals surface area contributed by atoms with Crippen LogP contribution in [-0.2, 0) is 19.1 Å². The van der Waals surface area contributed by atoms with Crippen LogP contribution in [0.25, 0.3) is 0 Å². The van der Waals surface area contributed by atoms with Gasteiger partial charge in [-0.05, 0) is 12.8 Å². The van der Waals surface area contributed by atoms with Gasteiger partial charge in [0.2, 0.25) is 0 Å². The molecule has 1 unspecified atom stereocenters. The maximum Gasteiger partial charge on any atom is 0.306 e. The number of aliphatic hydroxyl groups excluding tert-OH is 1. The van der Waals surface area contributed by atoms with Gasteiger partial charge < -0.3 is 14.6 Å². The van der Waals surface area contributed by atoms with E-state index in [0.717, 1.165) is 32.1 Å². The van der Waals surface area contributed by atoms with E-state index < -0.39 is 6.10 Å². The lowest BCUT2D eigenvalue weighted by Crippen LogP contribution is -2.28. The van der Waals surface area contributed by atoms with Crippen LogP contribution in [0.3, 0.4) is 0 Å². The lowest BCUT2D eigenvalue weighted by Gasteiger charge is -2.15. The molecule has 0 bridgehead atoms. The van der Waals surface area contributed by atoms with Gasteiger partial charge in [0, 0.05) is 12.8 Å². The molecule has 430 valence electrons. The lowest BCUT2D eigenvalue weighted by molar-refractivity contribution is -0.161. The predicted molar refractivity (Wildman–Crippen MR) is 316 cm³/mol. The second kappa shape index (κ2) is 64.2. The van der Waals surface area contributed by atoms with Gasteiger partial charge in [0.25, 0.3) is 0 Å². The van der Waals surface area contributed by atoms with Crippen molar-refractivity contribution in [2.45, 2.75) is 405 Å². The van der Waals surface area contributed by atoms with Gasteiger partial charge in [-0.25, -0.2) is 0 Å². The number of hydrogen-bond donors (Lipinski definition) is 1. The number of ether oxygens (including phenoxy) is 2. The van der Waals surface area contributed by atoms with E-state index in [1.54, 1.807) is 0 Å². The number of hydrogen-bond acceptors (Lipinski definition) is 5. The molecule has 0 radical (unpaired) electrons. The second-order valence-corrected chi connectivity index (χ2v) is 23.3. The Kier molecular flexibility index (Phi) is 63.2. The summed E-state index contributed by atoms with van der Waals surface area (Å²) >= 11 is 0. The molecule has 1 atom stereocenters. The Morgan fingerprint density at radius 3 is 0.611 bits per heavy atom. The van der Waals surface area contributed by atoms with Gasteiger partial charge in [-0.2, -0.15) is 0 Å². The van der Waals surface area contributed by atoms with E-state index in [2.05, 4.69) is 13.8 Å². The molecule has 0 aliphatic heterocycles. The summed E-state index contributed by atoms with van der Waals surface area (Å²) in [6, 6.07) is 0. The molecule has 0 rings (SSSR count). The average Bonchev–Trinajstić information content (AvgIpc) is 3.38. The van der Waals surface area contributed by atoms with Crippen LogP contribution in [0.2, 0.25) is 0 Å². The number of esters is 2. The van der Waals surface area contributed by atoms with Gasteiger partial charge in [0.15, 0.2) is 6.10 Å². The van der Waals surface area contributed by atoms with Gasteiger partial charge >= 0.3 is 11.9 Å². The van der Waals surface area contributed by atoms with Crippen molar-refractivity contribution in [2.75, 3.05) is 13.2 Å².